The van der Waals surface area contributed by atoms with Crippen LogP contribution in [0.25, 0.3) is 10.2 Å². The van der Waals surface area contributed by atoms with Crippen LogP contribution in [0.15, 0.2) is 34.4 Å². The molecule has 1 N–H and O–H groups in total. The molecule has 3 aromatic rings. The minimum atomic E-state index is -1.11. The van der Waals surface area contributed by atoms with Crippen molar-refractivity contribution in [3.05, 3.63) is 57.0 Å². The number of carboxylic acid groups (broad SMARTS) is 1. The third kappa shape index (κ3) is 5.02. The number of nitrogens with zero attached hydrogens (tertiary/aromatic N) is 2. The SMILES string of the molecule is COCCc1nc2scc(C(=O)O)c2c(=O)n1CCCCOc1cccc(C)c1. The van der Waals surface area contributed by atoms with Gasteiger partial charge in [0.15, 0.2) is 0 Å². The molecule has 0 spiro atoms. The number of thiophene rings is 1. The molecule has 7 nitrogen and oxygen atoms in total. The van der Waals surface area contributed by atoms with Crippen LogP contribution in [0.3, 0.4) is 0 Å². The molecule has 2 aromatic heterocycles. The zero-order valence-corrected chi connectivity index (χ0v) is 17.3. The molecule has 0 unspecified atom stereocenters. The number of benzene rings is 1. The summed E-state index contributed by atoms with van der Waals surface area (Å²) in [6.45, 7) is 3.44. The topological polar surface area (TPSA) is 90.7 Å². The number of aromatic nitrogens is 2. The van der Waals surface area contributed by atoms with E-state index >= 15 is 0 Å². The number of carboxylic acids is 1. The Balaban J connectivity index is 1.73. The second-order valence-corrected chi connectivity index (χ2v) is 7.59. The summed E-state index contributed by atoms with van der Waals surface area (Å²) in [6.07, 6.45) is 1.96. The van der Waals surface area contributed by atoms with Crippen molar-refractivity contribution in [2.45, 2.75) is 32.7 Å². The lowest BCUT2D eigenvalue weighted by molar-refractivity contribution is 0.0699. The third-order valence-electron chi connectivity index (χ3n) is 4.57. The van der Waals surface area contributed by atoms with Gasteiger partial charge in [-0.1, -0.05) is 12.1 Å². The molecule has 0 bridgehead atoms. The number of methoxy groups -OCH3 is 1. The van der Waals surface area contributed by atoms with Gasteiger partial charge in [0.2, 0.25) is 0 Å². The average Bonchev–Trinajstić information content (AvgIpc) is 3.12. The van der Waals surface area contributed by atoms with Crippen molar-refractivity contribution in [2.24, 2.45) is 0 Å². The predicted molar refractivity (Wildman–Crippen MR) is 112 cm³/mol. The number of hydrogen-bond acceptors (Lipinski definition) is 6. The fourth-order valence-electron chi connectivity index (χ4n) is 3.11. The quantitative estimate of drug-likeness (QED) is 0.509. The van der Waals surface area contributed by atoms with Crippen molar-refractivity contribution < 1.29 is 19.4 Å². The van der Waals surface area contributed by atoms with Gasteiger partial charge >= 0.3 is 5.97 Å². The van der Waals surface area contributed by atoms with Crippen LogP contribution in [0.2, 0.25) is 0 Å². The van der Waals surface area contributed by atoms with Gasteiger partial charge in [-0.05, 0) is 37.5 Å². The predicted octanol–water partition coefficient (Wildman–Crippen LogP) is 3.51. The van der Waals surface area contributed by atoms with Crippen molar-refractivity contribution in [3.8, 4) is 5.75 Å². The zero-order valence-electron chi connectivity index (χ0n) is 16.5. The van der Waals surface area contributed by atoms with Crippen LogP contribution >= 0.6 is 11.3 Å². The maximum Gasteiger partial charge on any atom is 0.337 e. The van der Waals surface area contributed by atoms with Crippen molar-refractivity contribution in [1.82, 2.24) is 9.55 Å². The maximum atomic E-state index is 13.0. The highest BCUT2D eigenvalue weighted by molar-refractivity contribution is 7.17. The zero-order chi connectivity index (χ0) is 20.8. The Labute approximate surface area is 172 Å². The molecule has 0 aliphatic rings. The number of fused-ring (bicyclic) bond motifs is 1. The van der Waals surface area contributed by atoms with Crippen LogP contribution in [0.4, 0.5) is 0 Å². The fraction of sp³-hybridized carbons (Fsp3) is 0.381. The monoisotopic (exact) mass is 416 g/mol. The molecule has 0 saturated carbocycles. The van der Waals surface area contributed by atoms with Crippen LogP contribution in [0.1, 0.15) is 34.6 Å². The van der Waals surface area contributed by atoms with Gasteiger partial charge in [0.25, 0.3) is 5.56 Å². The van der Waals surface area contributed by atoms with E-state index < -0.39 is 5.97 Å². The van der Waals surface area contributed by atoms with Crippen molar-refractivity contribution >= 4 is 27.5 Å². The van der Waals surface area contributed by atoms with Gasteiger partial charge in [-0.2, -0.15) is 0 Å². The number of carbonyl (C=O) groups is 1. The summed E-state index contributed by atoms with van der Waals surface area (Å²) >= 11 is 1.18. The summed E-state index contributed by atoms with van der Waals surface area (Å²) in [4.78, 5) is 29.5. The minimum absolute atomic E-state index is 0.0114. The molecule has 0 fully saturated rings. The molecule has 8 heteroatoms. The first-order valence-corrected chi connectivity index (χ1v) is 10.3. The van der Waals surface area contributed by atoms with Crippen LogP contribution < -0.4 is 10.3 Å². The number of aromatic carboxylic acids is 1. The first kappa shape index (κ1) is 21.0. The van der Waals surface area contributed by atoms with E-state index in [1.54, 1.807) is 11.7 Å². The standard InChI is InChI=1S/C21H24N2O5S/c1-14-6-5-7-15(12-14)28-10-4-3-9-23-17(8-11-27-2)22-19-18(20(23)24)16(13-29-19)21(25)26/h5-7,12-13H,3-4,8-11H2,1-2H3,(H,25,26). The number of unbranched alkanes of at least 4 members (excludes halogenated alkanes) is 1. The number of hydrogen-bond donors (Lipinski definition) is 1. The lowest BCUT2D eigenvalue weighted by atomic mass is 10.2. The molecule has 2 heterocycles. The highest BCUT2D eigenvalue weighted by atomic mass is 32.1. The number of rotatable bonds is 10. The smallest absolute Gasteiger partial charge is 0.337 e. The summed E-state index contributed by atoms with van der Waals surface area (Å²) < 4.78 is 12.5. The lowest BCUT2D eigenvalue weighted by Gasteiger charge is -2.13. The number of aryl methyl sites for hydroxylation is 1. The van der Waals surface area contributed by atoms with Gasteiger partial charge in [-0.15, -0.1) is 11.3 Å². The summed E-state index contributed by atoms with van der Waals surface area (Å²) in [5.74, 6) is 0.330. The summed E-state index contributed by atoms with van der Waals surface area (Å²) in [5.41, 5.74) is 0.845. The molecule has 0 aliphatic carbocycles. The van der Waals surface area contributed by atoms with E-state index in [0.29, 0.717) is 43.3 Å². The van der Waals surface area contributed by atoms with E-state index in [-0.39, 0.29) is 16.5 Å². The van der Waals surface area contributed by atoms with Crippen LogP contribution in [0, 0.1) is 6.92 Å². The average molecular weight is 416 g/mol. The highest BCUT2D eigenvalue weighted by Gasteiger charge is 2.19. The molecule has 29 heavy (non-hydrogen) atoms. The first-order valence-electron chi connectivity index (χ1n) is 9.44. The molecular formula is C21H24N2O5S. The lowest BCUT2D eigenvalue weighted by Crippen LogP contribution is -2.27. The van der Waals surface area contributed by atoms with Gasteiger partial charge in [0.1, 0.15) is 16.4 Å². The van der Waals surface area contributed by atoms with Crippen LogP contribution in [-0.4, -0.2) is 41.0 Å². The summed E-state index contributed by atoms with van der Waals surface area (Å²) in [6, 6.07) is 7.87. The van der Waals surface area contributed by atoms with E-state index in [2.05, 4.69) is 4.98 Å². The Morgan fingerprint density at radius 3 is 2.83 bits per heavy atom. The van der Waals surface area contributed by atoms with Gasteiger partial charge < -0.3 is 14.6 Å². The first-order chi connectivity index (χ1) is 14.0. The van der Waals surface area contributed by atoms with E-state index in [9.17, 15) is 14.7 Å². The van der Waals surface area contributed by atoms with E-state index in [0.717, 1.165) is 17.7 Å². The van der Waals surface area contributed by atoms with Gasteiger partial charge in [0, 0.05) is 25.5 Å². The van der Waals surface area contributed by atoms with Crippen LogP contribution in [0.5, 0.6) is 5.75 Å². The van der Waals surface area contributed by atoms with Crippen molar-refractivity contribution in [2.75, 3.05) is 20.3 Å². The summed E-state index contributed by atoms with van der Waals surface area (Å²) in [7, 11) is 1.59. The Morgan fingerprint density at radius 2 is 2.10 bits per heavy atom. The van der Waals surface area contributed by atoms with Crippen LogP contribution in [-0.2, 0) is 17.7 Å². The van der Waals surface area contributed by atoms with Crippen molar-refractivity contribution in [3.63, 3.8) is 0 Å². The molecule has 3 rings (SSSR count). The second-order valence-electron chi connectivity index (χ2n) is 6.73. The summed E-state index contributed by atoms with van der Waals surface area (Å²) in [5, 5.41) is 11.0. The minimum Gasteiger partial charge on any atom is -0.494 e. The molecule has 0 amide bonds. The molecule has 0 saturated heterocycles. The maximum absolute atomic E-state index is 13.0. The normalized spacial score (nSPS) is 11.1. The van der Waals surface area contributed by atoms with E-state index in [1.807, 2.05) is 31.2 Å². The molecule has 0 radical (unpaired) electrons. The molecule has 1 aromatic carbocycles. The largest absolute Gasteiger partial charge is 0.494 e. The van der Waals surface area contributed by atoms with Gasteiger partial charge in [0.05, 0.1) is 24.2 Å². The molecular weight excluding hydrogens is 392 g/mol. The Kier molecular flexibility index (Phi) is 7.00. The van der Waals surface area contributed by atoms with Gasteiger partial charge in [-0.25, -0.2) is 9.78 Å². The third-order valence-corrected chi connectivity index (χ3v) is 5.44. The molecule has 0 aliphatic heterocycles. The van der Waals surface area contributed by atoms with E-state index in [1.165, 1.54) is 16.7 Å². The Morgan fingerprint density at radius 1 is 1.28 bits per heavy atom. The number of ether oxygens (including phenoxy) is 2. The molecule has 154 valence electrons. The highest BCUT2D eigenvalue weighted by Crippen LogP contribution is 2.22. The van der Waals surface area contributed by atoms with Gasteiger partial charge in [-0.3, -0.25) is 9.36 Å². The van der Waals surface area contributed by atoms with Crippen molar-refractivity contribution in [1.29, 1.82) is 0 Å². The van der Waals surface area contributed by atoms with E-state index in [4.69, 9.17) is 9.47 Å². The Bertz CT molecular complexity index is 1060. The second kappa shape index (κ2) is 9.67. The Hall–Kier alpha value is -2.71. The fourth-order valence-corrected chi connectivity index (χ4v) is 4.03. The molecule has 0 atom stereocenters.